The van der Waals surface area contributed by atoms with Gasteiger partial charge in [0, 0.05) is 17.4 Å². The Labute approximate surface area is 149 Å². The van der Waals surface area contributed by atoms with Gasteiger partial charge >= 0.3 is 0 Å². The van der Waals surface area contributed by atoms with Crippen molar-refractivity contribution in [2.45, 2.75) is 69.6 Å². The fourth-order valence-electron chi connectivity index (χ4n) is 7.01. The SMILES string of the molecule is O=C(NCC1(c2ccsc2)CCCC1)C12CC3CC(CC(C3)C1)C2. The number of rotatable bonds is 4. The number of hydrogen-bond acceptors (Lipinski definition) is 2. The molecule has 0 radical (unpaired) electrons. The normalized spacial score (nSPS) is 39.2. The van der Waals surface area contributed by atoms with Crippen LogP contribution in [-0.4, -0.2) is 12.5 Å². The molecule has 1 N–H and O–H groups in total. The van der Waals surface area contributed by atoms with Gasteiger partial charge < -0.3 is 5.32 Å². The third kappa shape index (κ3) is 2.38. The predicted octanol–water partition coefficient (Wildman–Crippen LogP) is 4.89. The second-order valence-electron chi connectivity index (χ2n) is 9.38. The van der Waals surface area contributed by atoms with Gasteiger partial charge in [-0.2, -0.15) is 11.3 Å². The Morgan fingerprint density at radius 1 is 1.08 bits per heavy atom. The number of amides is 1. The highest BCUT2D eigenvalue weighted by Crippen LogP contribution is 2.60. The van der Waals surface area contributed by atoms with Crippen molar-refractivity contribution in [3.8, 4) is 0 Å². The monoisotopic (exact) mass is 343 g/mol. The van der Waals surface area contributed by atoms with Gasteiger partial charge in [0.05, 0.1) is 0 Å². The molecule has 2 nitrogen and oxygen atoms in total. The summed E-state index contributed by atoms with van der Waals surface area (Å²) in [5, 5.41) is 7.97. The van der Waals surface area contributed by atoms with E-state index >= 15 is 0 Å². The van der Waals surface area contributed by atoms with Gasteiger partial charge in [-0.05, 0) is 91.5 Å². The molecule has 5 aliphatic carbocycles. The average Bonchev–Trinajstić information content (AvgIpc) is 3.23. The first-order valence-corrected chi connectivity index (χ1v) is 10.9. The molecule has 5 fully saturated rings. The molecule has 1 amide bonds. The van der Waals surface area contributed by atoms with E-state index in [-0.39, 0.29) is 10.8 Å². The molecule has 4 bridgehead atoms. The van der Waals surface area contributed by atoms with Crippen molar-refractivity contribution in [3.63, 3.8) is 0 Å². The van der Waals surface area contributed by atoms with E-state index in [0.29, 0.717) is 5.91 Å². The molecule has 1 aromatic heterocycles. The van der Waals surface area contributed by atoms with Gasteiger partial charge in [-0.25, -0.2) is 0 Å². The van der Waals surface area contributed by atoms with Crippen LogP contribution in [0.3, 0.4) is 0 Å². The number of carbonyl (C=O) groups is 1. The van der Waals surface area contributed by atoms with E-state index in [1.807, 2.05) is 0 Å². The largest absolute Gasteiger partial charge is 0.355 e. The van der Waals surface area contributed by atoms with Crippen LogP contribution in [0.2, 0.25) is 0 Å². The molecule has 5 aliphatic rings. The molecule has 3 heteroatoms. The first-order chi connectivity index (χ1) is 11.7. The zero-order chi connectivity index (χ0) is 16.2. The lowest BCUT2D eigenvalue weighted by Crippen LogP contribution is -2.55. The highest BCUT2D eigenvalue weighted by Gasteiger charge is 2.54. The molecule has 0 unspecified atom stereocenters. The van der Waals surface area contributed by atoms with E-state index in [0.717, 1.165) is 24.3 Å². The quantitative estimate of drug-likeness (QED) is 0.828. The van der Waals surface area contributed by atoms with Crippen molar-refractivity contribution in [1.29, 1.82) is 0 Å². The lowest BCUT2D eigenvalue weighted by Gasteiger charge is -2.55. The molecule has 1 heterocycles. The second kappa shape index (κ2) is 5.59. The summed E-state index contributed by atoms with van der Waals surface area (Å²) in [6.07, 6.45) is 12.9. The lowest BCUT2D eigenvalue weighted by atomic mass is 9.49. The fraction of sp³-hybridized carbons (Fsp3) is 0.762. The molecule has 0 atom stereocenters. The van der Waals surface area contributed by atoms with Crippen LogP contribution in [0.15, 0.2) is 16.8 Å². The third-order valence-electron chi connectivity index (χ3n) is 7.80. The Hall–Kier alpha value is -0.830. The van der Waals surface area contributed by atoms with E-state index in [2.05, 4.69) is 22.1 Å². The van der Waals surface area contributed by atoms with Gasteiger partial charge in [-0.15, -0.1) is 0 Å². The number of thiophene rings is 1. The zero-order valence-electron chi connectivity index (χ0n) is 14.6. The molecule has 6 rings (SSSR count). The van der Waals surface area contributed by atoms with Gasteiger partial charge in [-0.1, -0.05) is 12.8 Å². The minimum absolute atomic E-state index is 0.00317. The first kappa shape index (κ1) is 15.4. The van der Waals surface area contributed by atoms with E-state index in [1.165, 1.54) is 69.8 Å². The summed E-state index contributed by atoms with van der Waals surface area (Å²) >= 11 is 1.79. The maximum absolute atomic E-state index is 13.3. The molecular weight excluding hydrogens is 314 g/mol. The molecule has 0 aliphatic heterocycles. The molecule has 5 saturated carbocycles. The van der Waals surface area contributed by atoms with Crippen LogP contribution < -0.4 is 5.32 Å². The molecule has 0 aromatic carbocycles. The van der Waals surface area contributed by atoms with Crippen LogP contribution in [0.1, 0.15) is 69.8 Å². The van der Waals surface area contributed by atoms with Crippen LogP contribution in [0, 0.1) is 23.2 Å². The maximum Gasteiger partial charge on any atom is 0.226 e. The summed E-state index contributed by atoms with van der Waals surface area (Å²) in [6, 6.07) is 2.28. The molecular formula is C21H29NOS. The highest BCUT2D eigenvalue weighted by molar-refractivity contribution is 7.08. The summed E-state index contributed by atoms with van der Waals surface area (Å²) in [5.74, 6) is 2.95. The predicted molar refractivity (Wildman–Crippen MR) is 98.1 cm³/mol. The summed E-state index contributed by atoms with van der Waals surface area (Å²) in [7, 11) is 0. The van der Waals surface area contributed by atoms with E-state index in [4.69, 9.17) is 0 Å². The topological polar surface area (TPSA) is 29.1 Å². The smallest absolute Gasteiger partial charge is 0.226 e. The number of carbonyl (C=O) groups excluding carboxylic acids is 1. The minimum atomic E-state index is 0.00317. The lowest BCUT2D eigenvalue weighted by molar-refractivity contribution is -0.146. The standard InChI is InChI=1S/C21H29NOS/c23-19(21-10-15-7-16(11-21)9-17(8-15)12-21)22-14-20(4-1-2-5-20)18-3-6-24-13-18/h3,6,13,15-17H,1-2,4-5,7-12,14H2,(H,22,23). The van der Waals surface area contributed by atoms with Crippen LogP contribution in [0.25, 0.3) is 0 Å². The number of hydrogen-bond donors (Lipinski definition) is 1. The zero-order valence-corrected chi connectivity index (χ0v) is 15.4. The van der Waals surface area contributed by atoms with Crippen LogP contribution in [-0.2, 0) is 10.2 Å². The van der Waals surface area contributed by atoms with Crippen molar-refractivity contribution in [3.05, 3.63) is 22.4 Å². The number of nitrogens with one attached hydrogen (secondary N) is 1. The fourth-order valence-corrected chi connectivity index (χ4v) is 7.79. The molecule has 1 aromatic rings. The Morgan fingerprint density at radius 3 is 2.25 bits per heavy atom. The Kier molecular flexibility index (Phi) is 3.59. The molecule has 0 saturated heterocycles. The van der Waals surface area contributed by atoms with Gasteiger partial charge in [0.15, 0.2) is 0 Å². The van der Waals surface area contributed by atoms with Gasteiger partial charge in [0.25, 0.3) is 0 Å². The van der Waals surface area contributed by atoms with Crippen molar-refractivity contribution in [2.75, 3.05) is 6.54 Å². The molecule has 24 heavy (non-hydrogen) atoms. The van der Waals surface area contributed by atoms with E-state index in [1.54, 1.807) is 11.3 Å². The van der Waals surface area contributed by atoms with Crippen LogP contribution in [0.5, 0.6) is 0 Å². The summed E-state index contributed by atoms with van der Waals surface area (Å²) < 4.78 is 0. The summed E-state index contributed by atoms with van der Waals surface area (Å²) in [4.78, 5) is 13.3. The van der Waals surface area contributed by atoms with Crippen molar-refractivity contribution in [2.24, 2.45) is 23.2 Å². The maximum atomic E-state index is 13.3. The molecule has 130 valence electrons. The van der Waals surface area contributed by atoms with Crippen molar-refractivity contribution < 1.29 is 4.79 Å². The minimum Gasteiger partial charge on any atom is -0.355 e. The summed E-state index contributed by atoms with van der Waals surface area (Å²) in [6.45, 7) is 0.865. The van der Waals surface area contributed by atoms with Crippen molar-refractivity contribution >= 4 is 17.2 Å². The Bertz CT molecular complexity index is 579. The van der Waals surface area contributed by atoms with Crippen molar-refractivity contribution in [1.82, 2.24) is 5.32 Å². The molecule has 0 spiro atoms. The highest BCUT2D eigenvalue weighted by atomic mass is 32.1. The van der Waals surface area contributed by atoms with Gasteiger partial charge in [-0.3, -0.25) is 4.79 Å². The van der Waals surface area contributed by atoms with E-state index in [9.17, 15) is 4.79 Å². The van der Waals surface area contributed by atoms with E-state index < -0.39 is 0 Å². The van der Waals surface area contributed by atoms with Gasteiger partial charge in [0.1, 0.15) is 0 Å². The van der Waals surface area contributed by atoms with Crippen LogP contribution in [0.4, 0.5) is 0 Å². The third-order valence-corrected chi connectivity index (χ3v) is 8.48. The summed E-state index contributed by atoms with van der Waals surface area (Å²) in [5.41, 5.74) is 1.69. The Balaban J connectivity index is 1.32. The Morgan fingerprint density at radius 2 is 1.71 bits per heavy atom. The van der Waals surface area contributed by atoms with Crippen LogP contribution >= 0.6 is 11.3 Å². The first-order valence-electron chi connectivity index (χ1n) is 9.99. The second-order valence-corrected chi connectivity index (χ2v) is 10.2. The average molecular weight is 344 g/mol. The van der Waals surface area contributed by atoms with Gasteiger partial charge in [0.2, 0.25) is 5.91 Å².